The van der Waals surface area contributed by atoms with Crippen LogP contribution in [0.15, 0.2) is 24.3 Å². The third-order valence-electron chi connectivity index (χ3n) is 4.05. The molecule has 1 aromatic carbocycles. The molecule has 5 heteroatoms. The fourth-order valence-corrected chi connectivity index (χ4v) is 3.86. The molecular weight excluding hydrogens is 284 g/mol. The topological polar surface area (TPSA) is 40.6 Å². The van der Waals surface area contributed by atoms with Crippen LogP contribution in [0, 0.1) is 0 Å². The predicted molar refractivity (Wildman–Crippen MR) is 88.4 cm³/mol. The Labute approximate surface area is 128 Å². The molecule has 0 N–H and O–H groups in total. The van der Waals surface area contributed by atoms with Crippen LogP contribution >= 0.6 is 0 Å². The summed E-state index contributed by atoms with van der Waals surface area (Å²) in [6.45, 7) is 11.0. The minimum atomic E-state index is -3.06. The van der Waals surface area contributed by atoms with Crippen molar-refractivity contribution in [3.8, 4) is 0 Å². The molecule has 0 aromatic heterocycles. The number of sulfonamides is 1. The molecule has 1 aliphatic rings. The minimum Gasteiger partial charge on any atom is -0.369 e. The average molecular weight is 310 g/mol. The summed E-state index contributed by atoms with van der Waals surface area (Å²) in [5.74, 6) is 0.186. The first kappa shape index (κ1) is 16.3. The van der Waals surface area contributed by atoms with Crippen molar-refractivity contribution in [1.29, 1.82) is 0 Å². The summed E-state index contributed by atoms with van der Waals surface area (Å²) < 4.78 is 25.5. The summed E-state index contributed by atoms with van der Waals surface area (Å²) in [6.07, 6.45) is 0. The highest BCUT2D eigenvalue weighted by Crippen LogP contribution is 2.32. The number of piperazine rings is 1. The average Bonchev–Trinajstić information content (AvgIpc) is 2.46. The molecule has 0 saturated carbocycles. The normalized spacial score (nSPS) is 18.0. The van der Waals surface area contributed by atoms with Crippen molar-refractivity contribution in [2.75, 3.05) is 36.8 Å². The van der Waals surface area contributed by atoms with Gasteiger partial charge in [0.05, 0.1) is 5.75 Å². The number of hydrogen-bond acceptors (Lipinski definition) is 3. The molecule has 1 aromatic rings. The molecule has 21 heavy (non-hydrogen) atoms. The molecule has 1 aliphatic heterocycles. The van der Waals surface area contributed by atoms with Crippen LogP contribution in [0.25, 0.3) is 0 Å². The Morgan fingerprint density at radius 2 is 1.62 bits per heavy atom. The molecule has 0 unspecified atom stereocenters. The Kier molecular flexibility index (Phi) is 4.63. The zero-order chi connectivity index (χ0) is 15.7. The van der Waals surface area contributed by atoms with E-state index in [1.807, 2.05) is 0 Å². The molecule has 0 amide bonds. The molecule has 1 fully saturated rings. The molecular formula is C16H26N2O2S. The Morgan fingerprint density at radius 1 is 1.05 bits per heavy atom. The first-order valence-electron chi connectivity index (χ1n) is 7.58. The maximum Gasteiger partial charge on any atom is 0.213 e. The monoisotopic (exact) mass is 310 g/mol. The fourth-order valence-electron chi connectivity index (χ4n) is 2.77. The van der Waals surface area contributed by atoms with Crippen LogP contribution in [0.2, 0.25) is 0 Å². The maximum atomic E-state index is 11.9. The third kappa shape index (κ3) is 3.58. The van der Waals surface area contributed by atoms with Gasteiger partial charge in [0.2, 0.25) is 10.0 Å². The number of hydrogen-bond donors (Lipinski definition) is 0. The van der Waals surface area contributed by atoms with Gasteiger partial charge in [-0.2, -0.15) is 4.31 Å². The number of rotatable bonds is 3. The van der Waals surface area contributed by atoms with Crippen molar-refractivity contribution in [1.82, 2.24) is 4.31 Å². The zero-order valence-corrected chi connectivity index (χ0v) is 14.3. The minimum absolute atomic E-state index is 0.0865. The fraction of sp³-hybridized carbons (Fsp3) is 0.625. The van der Waals surface area contributed by atoms with Gasteiger partial charge in [-0.25, -0.2) is 8.42 Å². The van der Waals surface area contributed by atoms with Crippen molar-refractivity contribution in [3.05, 3.63) is 29.8 Å². The van der Waals surface area contributed by atoms with E-state index in [1.165, 1.54) is 11.3 Å². The second-order valence-electron chi connectivity index (χ2n) is 6.55. The Morgan fingerprint density at radius 3 is 2.14 bits per heavy atom. The molecule has 0 radical (unpaired) electrons. The van der Waals surface area contributed by atoms with Crippen molar-refractivity contribution >= 4 is 15.7 Å². The highest BCUT2D eigenvalue weighted by Gasteiger charge is 2.27. The SMILES string of the molecule is CCS(=O)(=O)N1CCN(c2ccccc2C(C)(C)C)CC1. The van der Waals surface area contributed by atoms with Gasteiger partial charge in [0.25, 0.3) is 0 Å². The smallest absolute Gasteiger partial charge is 0.213 e. The molecule has 0 spiro atoms. The van der Waals surface area contributed by atoms with E-state index >= 15 is 0 Å². The molecule has 1 saturated heterocycles. The lowest BCUT2D eigenvalue weighted by Gasteiger charge is -2.37. The van der Waals surface area contributed by atoms with Gasteiger partial charge in [-0.1, -0.05) is 39.0 Å². The van der Waals surface area contributed by atoms with Crippen molar-refractivity contribution in [3.63, 3.8) is 0 Å². The lowest BCUT2D eigenvalue weighted by molar-refractivity contribution is 0.384. The van der Waals surface area contributed by atoms with Crippen LogP contribution in [-0.4, -0.2) is 44.7 Å². The van der Waals surface area contributed by atoms with Gasteiger partial charge in [-0.05, 0) is 24.0 Å². The quantitative estimate of drug-likeness (QED) is 0.861. The summed E-state index contributed by atoms with van der Waals surface area (Å²) in [5, 5.41) is 0. The molecule has 0 atom stereocenters. The third-order valence-corrected chi connectivity index (χ3v) is 5.93. The predicted octanol–water partition coefficient (Wildman–Crippen LogP) is 2.46. The first-order chi connectivity index (χ1) is 9.75. The summed E-state index contributed by atoms with van der Waals surface area (Å²) >= 11 is 0. The molecule has 0 aliphatic carbocycles. The second-order valence-corrected chi connectivity index (χ2v) is 8.81. The van der Waals surface area contributed by atoms with E-state index in [0.717, 1.165) is 13.1 Å². The lowest BCUT2D eigenvalue weighted by Crippen LogP contribution is -2.49. The van der Waals surface area contributed by atoms with E-state index in [4.69, 9.17) is 0 Å². The van der Waals surface area contributed by atoms with E-state index in [9.17, 15) is 8.42 Å². The Balaban J connectivity index is 2.17. The lowest BCUT2D eigenvalue weighted by atomic mass is 9.85. The molecule has 2 rings (SSSR count). The van der Waals surface area contributed by atoms with E-state index in [-0.39, 0.29) is 11.2 Å². The van der Waals surface area contributed by atoms with Crippen molar-refractivity contribution < 1.29 is 8.42 Å². The van der Waals surface area contributed by atoms with E-state index in [2.05, 4.69) is 49.9 Å². The van der Waals surface area contributed by atoms with Gasteiger partial charge in [0, 0.05) is 31.9 Å². The first-order valence-corrected chi connectivity index (χ1v) is 9.19. The molecule has 4 nitrogen and oxygen atoms in total. The van der Waals surface area contributed by atoms with Gasteiger partial charge in [-0.3, -0.25) is 0 Å². The zero-order valence-electron chi connectivity index (χ0n) is 13.5. The summed E-state index contributed by atoms with van der Waals surface area (Å²) in [6, 6.07) is 8.44. The number of benzene rings is 1. The van der Waals surface area contributed by atoms with Crippen molar-refractivity contribution in [2.24, 2.45) is 0 Å². The largest absolute Gasteiger partial charge is 0.369 e. The number of anilines is 1. The van der Waals surface area contributed by atoms with Crippen LogP contribution in [-0.2, 0) is 15.4 Å². The van der Waals surface area contributed by atoms with E-state index < -0.39 is 10.0 Å². The number of nitrogens with zero attached hydrogens (tertiary/aromatic N) is 2. The van der Waals surface area contributed by atoms with E-state index in [1.54, 1.807) is 11.2 Å². The van der Waals surface area contributed by atoms with Gasteiger partial charge in [0.1, 0.15) is 0 Å². The van der Waals surface area contributed by atoms with Gasteiger partial charge in [0.15, 0.2) is 0 Å². The molecule has 118 valence electrons. The summed E-state index contributed by atoms with van der Waals surface area (Å²) in [7, 11) is -3.06. The standard InChI is InChI=1S/C16H26N2O2S/c1-5-21(19,20)18-12-10-17(11-13-18)15-9-7-6-8-14(15)16(2,3)4/h6-9H,5,10-13H2,1-4H3. The highest BCUT2D eigenvalue weighted by atomic mass is 32.2. The van der Waals surface area contributed by atoms with Gasteiger partial charge in [-0.15, -0.1) is 0 Å². The van der Waals surface area contributed by atoms with Crippen LogP contribution in [0.1, 0.15) is 33.3 Å². The Hall–Kier alpha value is -1.07. The number of para-hydroxylation sites is 1. The van der Waals surface area contributed by atoms with Crippen LogP contribution < -0.4 is 4.90 Å². The van der Waals surface area contributed by atoms with Gasteiger partial charge < -0.3 is 4.90 Å². The Bertz CT molecular complexity index is 583. The van der Waals surface area contributed by atoms with Crippen LogP contribution in [0.3, 0.4) is 0 Å². The van der Waals surface area contributed by atoms with E-state index in [0.29, 0.717) is 13.1 Å². The van der Waals surface area contributed by atoms with Crippen LogP contribution in [0.4, 0.5) is 5.69 Å². The van der Waals surface area contributed by atoms with Crippen molar-refractivity contribution in [2.45, 2.75) is 33.1 Å². The summed E-state index contributed by atoms with van der Waals surface area (Å²) in [4.78, 5) is 2.31. The van der Waals surface area contributed by atoms with Crippen LogP contribution in [0.5, 0.6) is 0 Å². The maximum absolute atomic E-state index is 11.9. The van der Waals surface area contributed by atoms with Gasteiger partial charge >= 0.3 is 0 Å². The highest BCUT2D eigenvalue weighted by molar-refractivity contribution is 7.89. The summed E-state index contributed by atoms with van der Waals surface area (Å²) in [5.41, 5.74) is 2.64. The molecule has 1 heterocycles. The second kappa shape index (κ2) is 5.97. The molecule has 0 bridgehead atoms.